The lowest BCUT2D eigenvalue weighted by Crippen LogP contribution is -2.35. The van der Waals surface area contributed by atoms with E-state index < -0.39 is 0 Å². The Kier molecular flexibility index (Phi) is 22.2. The fourth-order valence-electron chi connectivity index (χ4n) is 2.90. The summed E-state index contributed by atoms with van der Waals surface area (Å²) >= 11 is 0. The Morgan fingerprint density at radius 1 is 1.04 bits per heavy atom. The lowest BCUT2D eigenvalue weighted by atomic mass is 10.0. The third kappa shape index (κ3) is 15.3. The number of hydroxylamine groups is 2. The summed E-state index contributed by atoms with van der Waals surface area (Å²) in [5, 5.41) is 10.3. The lowest BCUT2D eigenvalue weighted by molar-refractivity contribution is -0.137. The Bertz CT molecular complexity index is 331. The topological polar surface area (TPSA) is 79.0 Å². The molecule has 172 valence electrons. The van der Waals surface area contributed by atoms with Crippen molar-refractivity contribution in [2.45, 2.75) is 86.5 Å². The molecule has 1 amide bonds. The Morgan fingerprint density at radius 3 is 2.14 bits per heavy atom. The summed E-state index contributed by atoms with van der Waals surface area (Å²) in [5.74, 6) is 1.18. The summed E-state index contributed by atoms with van der Waals surface area (Å²) in [5.41, 5.74) is 5.43. The van der Waals surface area contributed by atoms with Gasteiger partial charge in [-0.3, -0.25) is 4.79 Å². The highest BCUT2D eigenvalue weighted by Crippen LogP contribution is 2.14. The first-order valence-electron chi connectivity index (χ1n) is 11.5. The summed E-state index contributed by atoms with van der Waals surface area (Å²) < 4.78 is 5.41. The number of hydrogen-bond donors (Lipinski definition) is 2. The zero-order valence-electron chi connectivity index (χ0n) is 19.6. The van der Waals surface area contributed by atoms with Gasteiger partial charge in [-0.1, -0.05) is 54.4 Å². The number of carbonyl (C=O) groups is 1. The zero-order valence-corrected chi connectivity index (χ0v) is 19.6. The molecule has 0 aliphatic carbocycles. The van der Waals surface area contributed by atoms with E-state index in [0.29, 0.717) is 13.3 Å². The van der Waals surface area contributed by atoms with Gasteiger partial charge in [0.15, 0.2) is 0 Å². The van der Waals surface area contributed by atoms with E-state index >= 15 is 0 Å². The molecule has 2 heterocycles. The Morgan fingerprint density at radius 2 is 1.61 bits per heavy atom. The first kappa shape index (κ1) is 29.5. The van der Waals surface area contributed by atoms with Crippen molar-refractivity contribution in [2.24, 2.45) is 17.6 Å². The summed E-state index contributed by atoms with van der Waals surface area (Å²) in [6.07, 6.45) is 7.60. The third-order valence-electron chi connectivity index (χ3n) is 4.82. The number of hydrogen-bond acceptors (Lipinski definition) is 5. The summed E-state index contributed by atoms with van der Waals surface area (Å²) in [6, 6.07) is 0. The molecule has 0 aromatic heterocycles. The number of unbranched alkanes of at least 4 members (excludes halogenated alkanes) is 3. The molecular formula is C22H51N3O3. The SMILES string of the molecule is CC.CC.CC1CCN(O)CC1.CC1CCOCN(CCCCCCN)C1=O.[HH]. The van der Waals surface area contributed by atoms with Gasteiger partial charge in [0.1, 0.15) is 6.73 Å². The third-order valence-corrected chi connectivity index (χ3v) is 4.82. The van der Waals surface area contributed by atoms with Crippen molar-refractivity contribution in [3.05, 3.63) is 0 Å². The van der Waals surface area contributed by atoms with E-state index in [0.717, 1.165) is 77.0 Å². The van der Waals surface area contributed by atoms with E-state index in [1.54, 1.807) is 0 Å². The van der Waals surface area contributed by atoms with Crippen LogP contribution in [0.2, 0.25) is 0 Å². The molecule has 0 aromatic carbocycles. The van der Waals surface area contributed by atoms with E-state index in [1.807, 2.05) is 39.5 Å². The summed E-state index contributed by atoms with van der Waals surface area (Å²) in [7, 11) is 0. The average Bonchev–Trinajstić information content (AvgIpc) is 2.89. The Balaban J connectivity index is -0.000000438. The van der Waals surface area contributed by atoms with E-state index in [4.69, 9.17) is 15.7 Å². The molecule has 1 unspecified atom stereocenters. The number of rotatable bonds is 6. The maximum absolute atomic E-state index is 11.9. The largest absolute Gasteiger partial charge is 0.361 e. The smallest absolute Gasteiger partial charge is 0.227 e. The van der Waals surface area contributed by atoms with Gasteiger partial charge in [0.25, 0.3) is 0 Å². The maximum atomic E-state index is 11.9. The van der Waals surface area contributed by atoms with Gasteiger partial charge in [0.2, 0.25) is 5.91 Å². The fraction of sp³-hybridized carbons (Fsp3) is 0.955. The molecule has 6 nitrogen and oxygen atoms in total. The highest BCUT2D eigenvalue weighted by molar-refractivity contribution is 5.78. The minimum atomic E-state index is 0. The molecule has 1 atom stereocenters. The van der Waals surface area contributed by atoms with Crippen LogP contribution in [0.1, 0.15) is 87.9 Å². The molecule has 0 spiro atoms. The normalized spacial score (nSPS) is 20.6. The van der Waals surface area contributed by atoms with Crippen LogP contribution in [0, 0.1) is 11.8 Å². The van der Waals surface area contributed by atoms with Crippen LogP contribution in [0.25, 0.3) is 0 Å². The number of nitrogens with two attached hydrogens (primary N) is 1. The van der Waals surface area contributed by atoms with Crippen LogP contribution in [-0.4, -0.2) is 60.6 Å². The van der Waals surface area contributed by atoms with E-state index in [9.17, 15) is 4.79 Å². The minimum absolute atomic E-state index is 0. The van der Waals surface area contributed by atoms with Gasteiger partial charge in [0, 0.05) is 33.6 Å². The molecule has 0 bridgehead atoms. The molecule has 0 saturated carbocycles. The van der Waals surface area contributed by atoms with Crippen molar-refractivity contribution >= 4 is 5.91 Å². The molecule has 3 N–H and O–H groups in total. The van der Waals surface area contributed by atoms with Gasteiger partial charge in [0.05, 0.1) is 0 Å². The van der Waals surface area contributed by atoms with Crippen LogP contribution in [0.3, 0.4) is 0 Å². The second-order valence-corrected chi connectivity index (χ2v) is 7.17. The van der Waals surface area contributed by atoms with Crippen LogP contribution >= 0.6 is 0 Å². The summed E-state index contributed by atoms with van der Waals surface area (Å²) in [6.45, 7) is 16.7. The monoisotopic (exact) mass is 405 g/mol. The number of nitrogens with zero attached hydrogens (tertiary/aromatic N) is 2. The van der Waals surface area contributed by atoms with Gasteiger partial charge in [-0.25, -0.2) is 0 Å². The van der Waals surface area contributed by atoms with Gasteiger partial charge in [-0.2, -0.15) is 5.06 Å². The number of amides is 1. The second-order valence-electron chi connectivity index (χ2n) is 7.17. The first-order valence-corrected chi connectivity index (χ1v) is 11.5. The van der Waals surface area contributed by atoms with Crippen LogP contribution in [0.4, 0.5) is 0 Å². The van der Waals surface area contributed by atoms with Crippen molar-refractivity contribution in [1.82, 2.24) is 9.96 Å². The fourth-order valence-corrected chi connectivity index (χ4v) is 2.90. The van der Waals surface area contributed by atoms with Crippen molar-refractivity contribution in [3.63, 3.8) is 0 Å². The number of piperidine rings is 1. The van der Waals surface area contributed by atoms with Crippen LogP contribution in [0.15, 0.2) is 0 Å². The quantitative estimate of drug-likeness (QED) is 0.623. The second kappa shape index (κ2) is 21.0. The highest BCUT2D eigenvalue weighted by atomic mass is 16.5. The van der Waals surface area contributed by atoms with Crippen LogP contribution in [0.5, 0.6) is 0 Å². The minimum Gasteiger partial charge on any atom is -0.361 e. The highest BCUT2D eigenvalue weighted by Gasteiger charge is 2.22. The van der Waals surface area contributed by atoms with Gasteiger partial charge in [-0.15, -0.1) is 0 Å². The average molecular weight is 406 g/mol. The predicted molar refractivity (Wildman–Crippen MR) is 120 cm³/mol. The Labute approximate surface area is 176 Å². The molecule has 2 rings (SSSR count). The van der Waals surface area contributed by atoms with Crippen LogP contribution < -0.4 is 5.73 Å². The van der Waals surface area contributed by atoms with Crippen molar-refractivity contribution < 1.29 is 16.2 Å². The van der Waals surface area contributed by atoms with E-state index in [2.05, 4.69) is 6.92 Å². The molecule has 2 fully saturated rings. The van der Waals surface area contributed by atoms with E-state index in [1.165, 1.54) is 5.06 Å². The van der Waals surface area contributed by atoms with E-state index in [-0.39, 0.29) is 13.3 Å². The standard InChI is InChI=1S/C12H24N2O2.C6H13NO.2C2H6.H2/c1-11-6-9-16-10-14(12(11)15)8-5-3-2-4-7-13;1-6-2-4-7(8)5-3-6;2*1-2;/h11H,2-10,13H2,1H3;6,8H,2-5H2,1H3;2*1-2H3;1H. The molecule has 2 aliphatic heterocycles. The maximum Gasteiger partial charge on any atom is 0.227 e. The van der Waals surface area contributed by atoms with Gasteiger partial charge >= 0.3 is 0 Å². The van der Waals surface area contributed by atoms with Crippen molar-refractivity contribution in [2.75, 3.05) is 39.5 Å². The molecule has 0 radical (unpaired) electrons. The molecule has 2 aliphatic rings. The van der Waals surface area contributed by atoms with Crippen LogP contribution in [-0.2, 0) is 9.53 Å². The predicted octanol–water partition coefficient (Wildman–Crippen LogP) is 4.75. The molecular weight excluding hydrogens is 354 g/mol. The van der Waals surface area contributed by atoms with Gasteiger partial charge < -0.3 is 20.6 Å². The molecule has 2 saturated heterocycles. The molecule has 28 heavy (non-hydrogen) atoms. The van der Waals surface area contributed by atoms with Crippen molar-refractivity contribution in [1.29, 1.82) is 0 Å². The number of carbonyl (C=O) groups excluding carboxylic acids is 1. The first-order chi connectivity index (χ1) is 13.5. The van der Waals surface area contributed by atoms with Gasteiger partial charge in [-0.05, 0) is 44.6 Å². The number of ether oxygens (including phenoxy) is 1. The molecule has 6 heteroatoms. The zero-order chi connectivity index (χ0) is 21.8. The van der Waals surface area contributed by atoms with Crippen molar-refractivity contribution in [3.8, 4) is 0 Å². The lowest BCUT2D eigenvalue weighted by Gasteiger charge is -2.24. The Hall–Kier alpha value is -0.690. The molecule has 0 aromatic rings. The summed E-state index contributed by atoms with van der Waals surface area (Å²) in [4.78, 5) is 13.7.